The molecule has 6 heteroatoms. The minimum absolute atomic E-state index is 0.0608. The number of benzene rings is 1. The Morgan fingerprint density at radius 1 is 0.952 bits per heavy atom. The van der Waals surface area contributed by atoms with Crippen LogP contribution in [0.1, 0.15) is 25.4 Å². The minimum atomic E-state index is -3.23. The first-order chi connectivity index (χ1) is 10.0. The van der Waals surface area contributed by atoms with Gasteiger partial charge in [0.2, 0.25) is 10.0 Å². The third kappa shape index (κ3) is 4.53. The van der Waals surface area contributed by atoms with Crippen molar-refractivity contribution in [2.24, 2.45) is 0 Å². The van der Waals surface area contributed by atoms with Crippen molar-refractivity contribution >= 4 is 21.4 Å². The Morgan fingerprint density at radius 2 is 1.57 bits per heavy atom. The van der Waals surface area contributed by atoms with Crippen LogP contribution >= 0.6 is 0 Å². The maximum absolute atomic E-state index is 11.5. The predicted molar refractivity (Wildman–Crippen MR) is 84.9 cm³/mol. The monoisotopic (exact) mass is 308 g/mol. The van der Waals surface area contributed by atoms with Gasteiger partial charge >= 0.3 is 0 Å². The van der Waals surface area contributed by atoms with Crippen LogP contribution in [0.4, 0.5) is 11.4 Å². The first-order valence-electron chi connectivity index (χ1n) is 6.94. The molecule has 21 heavy (non-hydrogen) atoms. The molecule has 0 unspecified atom stereocenters. The van der Waals surface area contributed by atoms with Gasteiger partial charge in [-0.05, 0) is 43.3 Å². The van der Waals surface area contributed by atoms with E-state index in [-0.39, 0.29) is 5.75 Å². The molecule has 0 bridgehead atoms. The van der Waals surface area contributed by atoms with Crippen molar-refractivity contribution in [3.05, 3.63) is 47.9 Å². The third-order valence-corrected chi connectivity index (χ3v) is 4.38. The first-order valence-corrected chi connectivity index (χ1v) is 8.59. The molecule has 2 aromatic rings. The van der Waals surface area contributed by atoms with Crippen LogP contribution in [0.15, 0.2) is 40.8 Å². The smallest absolute Gasteiger partial charge is 0.232 e. The Kier molecular flexibility index (Phi) is 4.90. The molecule has 114 valence electrons. The Hall–Kier alpha value is -1.95. The zero-order chi connectivity index (χ0) is 15.3. The molecule has 1 aromatic carbocycles. The van der Waals surface area contributed by atoms with Gasteiger partial charge in [0.25, 0.3) is 0 Å². The van der Waals surface area contributed by atoms with E-state index in [0.717, 1.165) is 23.6 Å². The van der Waals surface area contributed by atoms with E-state index < -0.39 is 10.0 Å². The highest BCUT2D eigenvalue weighted by Crippen LogP contribution is 2.16. The maximum atomic E-state index is 11.5. The molecule has 2 N–H and O–H groups in total. The molecule has 1 aromatic heterocycles. The lowest BCUT2D eigenvalue weighted by molar-refractivity contribution is 0.476. The Balaban J connectivity index is 1.93. The molecule has 0 radical (unpaired) electrons. The fraction of sp³-hybridized carbons (Fsp3) is 0.333. The van der Waals surface area contributed by atoms with E-state index in [1.54, 1.807) is 19.1 Å². The van der Waals surface area contributed by atoms with Crippen LogP contribution < -0.4 is 10.0 Å². The standard InChI is InChI=1S/C15H20N2O3S/c1-3-14-9-10-15(20-14)11-16-12-5-7-13(8-6-12)17-21(18,19)4-2/h5-10,16-17H,3-4,11H2,1-2H3. The normalized spacial score (nSPS) is 11.3. The fourth-order valence-corrected chi connectivity index (χ4v) is 2.44. The van der Waals surface area contributed by atoms with Gasteiger partial charge in [0, 0.05) is 17.8 Å². The van der Waals surface area contributed by atoms with Gasteiger partial charge in [0.05, 0.1) is 12.3 Å². The Bertz CT molecular complexity index is 675. The first kappa shape index (κ1) is 15.4. The van der Waals surface area contributed by atoms with Gasteiger partial charge in [-0.3, -0.25) is 4.72 Å². The van der Waals surface area contributed by atoms with Crippen LogP contribution in [0.2, 0.25) is 0 Å². The second kappa shape index (κ2) is 6.67. The van der Waals surface area contributed by atoms with E-state index in [9.17, 15) is 8.42 Å². The zero-order valence-electron chi connectivity index (χ0n) is 12.2. The molecule has 0 fully saturated rings. The van der Waals surface area contributed by atoms with Crippen molar-refractivity contribution < 1.29 is 12.8 Å². The van der Waals surface area contributed by atoms with Crippen molar-refractivity contribution in [3.63, 3.8) is 0 Å². The number of rotatable bonds is 7. The number of aryl methyl sites for hydroxylation is 1. The lowest BCUT2D eigenvalue weighted by atomic mass is 10.3. The molecule has 2 rings (SSSR count). The molecule has 0 aliphatic heterocycles. The molecule has 0 atom stereocenters. The summed E-state index contributed by atoms with van der Waals surface area (Å²) in [5.41, 5.74) is 1.47. The summed E-state index contributed by atoms with van der Waals surface area (Å²) in [7, 11) is -3.23. The van der Waals surface area contributed by atoms with Gasteiger partial charge in [-0.1, -0.05) is 6.92 Å². The lowest BCUT2D eigenvalue weighted by Gasteiger charge is -2.08. The lowest BCUT2D eigenvalue weighted by Crippen LogP contribution is -2.14. The van der Waals surface area contributed by atoms with Crippen LogP contribution in [0.5, 0.6) is 0 Å². The third-order valence-electron chi connectivity index (χ3n) is 3.07. The number of hydrogen-bond acceptors (Lipinski definition) is 4. The zero-order valence-corrected chi connectivity index (χ0v) is 13.0. The molecule has 5 nitrogen and oxygen atoms in total. The van der Waals surface area contributed by atoms with E-state index in [4.69, 9.17) is 4.42 Å². The summed E-state index contributed by atoms with van der Waals surface area (Å²) in [5.74, 6) is 1.91. The molecule has 0 saturated heterocycles. The Morgan fingerprint density at radius 3 is 2.14 bits per heavy atom. The van der Waals surface area contributed by atoms with Crippen molar-refractivity contribution in [3.8, 4) is 0 Å². The van der Waals surface area contributed by atoms with E-state index in [1.165, 1.54) is 0 Å². The second-order valence-corrected chi connectivity index (χ2v) is 6.67. The molecular formula is C15H20N2O3S. The molecular weight excluding hydrogens is 288 g/mol. The summed E-state index contributed by atoms with van der Waals surface area (Å²) in [6.45, 7) is 4.25. The topological polar surface area (TPSA) is 71.3 Å². The minimum Gasteiger partial charge on any atom is -0.464 e. The summed E-state index contributed by atoms with van der Waals surface area (Å²) in [5, 5.41) is 3.23. The van der Waals surface area contributed by atoms with Crippen LogP contribution in [-0.2, 0) is 23.0 Å². The van der Waals surface area contributed by atoms with Crippen molar-refractivity contribution in [1.82, 2.24) is 0 Å². The largest absolute Gasteiger partial charge is 0.464 e. The summed E-state index contributed by atoms with van der Waals surface area (Å²) < 4.78 is 31.0. The van der Waals surface area contributed by atoms with Gasteiger partial charge in [-0.15, -0.1) is 0 Å². The maximum Gasteiger partial charge on any atom is 0.232 e. The molecule has 0 spiro atoms. The highest BCUT2D eigenvalue weighted by atomic mass is 32.2. The van der Waals surface area contributed by atoms with Crippen molar-refractivity contribution in [2.75, 3.05) is 15.8 Å². The van der Waals surface area contributed by atoms with E-state index in [0.29, 0.717) is 12.2 Å². The van der Waals surface area contributed by atoms with Crippen LogP contribution in [0.25, 0.3) is 0 Å². The molecule has 0 amide bonds. The van der Waals surface area contributed by atoms with E-state index >= 15 is 0 Å². The number of anilines is 2. The fourth-order valence-electron chi connectivity index (χ4n) is 1.80. The molecule has 0 aliphatic carbocycles. The van der Waals surface area contributed by atoms with Crippen LogP contribution in [-0.4, -0.2) is 14.2 Å². The number of hydrogen-bond donors (Lipinski definition) is 2. The quantitative estimate of drug-likeness (QED) is 0.824. The Labute approximate surface area is 125 Å². The van der Waals surface area contributed by atoms with E-state index in [1.807, 2.05) is 31.2 Å². The number of nitrogens with one attached hydrogen (secondary N) is 2. The van der Waals surface area contributed by atoms with Gasteiger partial charge in [0.15, 0.2) is 0 Å². The van der Waals surface area contributed by atoms with Gasteiger partial charge in [0.1, 0.15) is 11.5 Å². The average Bonchev–Trinajstić information content (AvgIpc) is 2.94. The van der Waals surface area contributed by atoms with Gasteiger partial charge in [-0.2, -0.15) is 0 Å². The van der Waals surface area contributed by atoms with Crippen LogP contribution in [0, 0.1) is 0 Å². The van der Waals surface area contributed by atoms with Crippen molar-refractivity contribution in [2.45, 2.75) is 26.8 Å². The average molecular weight is 308 g/mol. The SMILES string of the molecule is CCc1ccc(CNc2ccc(NS(=O)(=O)CC)cc2)o1. The molecule has 0 aliphatic rings. The predicted octanol–water partition coefficient (Wildman–Crippen LogP) is 3.22. The summed E-state index contributed by atoms with van der Waals surface area (Å²) in [4.78, 5) is 0. The molecule has 0 saturated carbocycles. The van der Waals surface area contributed by atoms with Gasteiger partial charge < -0.3 is 9.73 Å². The van der Waals surface area contributed by atoms with Crippen molar-refractivity contribution in [1.29, 1.82) is 0 Å². The highest BCUT2D eigenvalue weighted by molar-refractivity contribution is 7.92. The van der Waals surface area contributed by atoms with E-state index in [2.05, 4.69) is 10.0 Å². The van der Waals surface area contributed by atoms with Crippen LogP contribution in [0.3, 0.4) is 0 Å². The van der Waals surface area contributed by atoms with Gasteiger partial charge in [-0.25, -0.2) is 8.42 Å². The number of furan rings is 1. The summed E-state index contributed by atoms with van der Waals surface area (Å²) in [6, 6.07) is 11.0. The number of sulfonamides is 1. The highest BCUT2D eigenvalue weighted by Gasteiger charge is 2.06. The second-order valence-electron chi connectivity index (χ2n) is 4.66. The summed E-state index contributed by atoms with van der Waals surface area (Å²) in [6.07, 6.45) is 0.881. The summed E-state index contributed by atoms with van der Waals surface area (Å²) >= 11 is 0. The molecule has 1 heterocycles.